The summed E-state index contributed by atoms with van der Waals surface area (Å²) in [5.41, 5.74) is 11.0. The van der Waals surface area contributed by atoms with Crippen molar-refractivity contribution in [1.82, 2.24) is 5.32 Å². The van der Waals surface area contributed by atoms with E-state index >= 15 is 0 Å². The minimum absolute atomic E-state index is 0.352. The van der Waals surface area contributed by atoms with Crippen molar-refractivity contribution in [3.63, 3.8) is 0 Å². The van der Waals surface area contributed by atoms with Crippen LogP contribution in [0, 0.1) is 0 Å². The molecule has 0 spiro atoms. The van der Waals surface area contributed by atoms with E-state index in [2.05, 4.69) is 5.32 Å². The summed E-state index contributed by atoms with van der Waals surface area (Å²) in [5.74, 6) is -1.15. The summed E-state index contributed by atoms with van der Waals surface area (Å²) in [6.45, 7) is 1.36. The third kappa shape index (κ3) is 4.80. The van der Waals surface area contributed by atoms with Crippen LogP contribution in [0.4, 0.5) is 0 Å². The summed E-state index contributed by atoms with van der Waals surface area (Å²) >= 11 is 0. The van der Waals surface area contributed by atoms with Gasteiger partial charge in [-0.25, -0.2) is 9.59 Å². The Morgan fingerprint density at radius 1 is 1.41 bits per heavy atom. The van der Waals surface area contributed by atoms with E-state index in [0.717, 1.165) is 25.8 Å². The Kier molecular flexibility index (Phi) is 6.10. The summed E-state index contributed by atoms with van der Waals surface area (Å²) in [7, 11) is 0. The second-order valence-corrected chi connectivity index (χ2v) is 4.28. The van der Waals surface area contributed by atoms with Crippen molar-refractivity contribution in [3.05, 3.63) is 0 Å². The summed E-state index contributed by atoms with van der Waals surface area (Å²) in [5, 5.41) is 2.97. The predicted octanol–water partition coefficient (Wildman–Crippen LogP) is -0.735. The number of nitrogens with two attached hydrogens (primary N) is 2. The second-order valence-electron chi connectivity index (χ2n) is 4.28. The Morgan fingerprint density at radius 2 is 2.18 bits per heavy atom. The normalized spacial score (nSPS) is 21.2. The molecule has 0 bridgehead atoms. The van der Waals surface area contributed by atoms with E-state index in [1.807, 2.05) is 0 Å². The number of ether oxygens (including phenoxy) is 1. The monoisotopic (exact) mass is 243 g/mol. The van der Waals surface area contributed by atoms with Crippen LogP contribution in [0.2, 0.25) is 0 Å². The first kappa shape index (κ1) is 14.1. The molecule has 1 aliphatic heterocycles. The maximum atomic E-state index is 11.5. The van der Waals surface area contributed by atoms with E-state index in [0.29, 0.717) is 19.4 Å². The van der Waals surface area contributed by atoms with Gasteiger partial charge in [0.15, 0.2) is 0 Å². The lowest BCUT2D eigenvalue weighted by Gasteiger charge is -2.12. The van der Waals surface area contributed by atoms with Crippen LogP contribution in [0.1, 0.15) is 32.1 Å². The average molecular weight is 243 g/mol. The van der Waals surface area contributed by atoms with Crippen molar-refractivity contribution >= 4 is 11.9 Å². The van der Waals surface area contributed by atoms with Gasteiger partial charge in [-0.2, -0.15) is 0 Å². The van der Waals surface area contributed by atoms with Gasteiger partial charge in [0.2, 0.25) is 0 Å². The number of unbranched alkanes of at least 4 members (excludes halogenated alkanes) is 1. The Morgan fingerprint density at radius 3 is 2.76 bits per heavy atom. The summed E-state index contributed by atoms with van der Waals surface area (Å²) in [4.78, 5) is 23.0. The molecule has 98 valence electrons. The zero-order chi connectivity index (χ0) is 12.7. The Balaban J connectivity index is 2.24. The molecule has 1 rings (SSSR count). The van der Waals surface area contributed by atoms with E-state index < -0.39 is 18.0 Å². The van der Waals surface area contributed by atoms with Gasteiger partial charge < -0.3 is 21.5 Å². The van der Waals surface area contributed by atoms with Gasteiger partial charge in [-0.05, 0) is 38.8 Å². The number of hydrogen-bond donors (Lipinski definition) is 3. The van der Waals surface area contributed by atoms with Gasteiger partial charge in [0, 0.05) is 0 Å². The molecule has 0 aromatic heterocycles. The molecule has 0 saturated carbocycles. The van der Waals surface area contributed by atoms with Crippen molar-refractivity contribution in [3.8, 4) is 0 Å². The summed E-state index contributed by atoms with van der Waals surface area (Å²) < 4.78 is 4.73. The Hall–Kier alpha value is -0.980. The Bertz CT molecular complexity index is 265. The fourth-order valence-corrected chi connectivity index (χ4v) is 1.76. The SMILES string of the molecule is NCCCC[C@H](N)C(=O)OC(=O)[C@@H]1CCCN1. The van der Waals surface area contributed by atoms with Crippen molar-refractivity contribution < 1.29 is 14.3 Å². The van der Waals surface area contributed by atoms with E-state index in [1.165, 1.54) is 0 Å². The quantitative estimate of drug-likeness (QED) is 0.322. The molecule has 17 heavy (non-hydrogen) atoms. The fraction of sp³-hybridized carbons (Fsp3) is 0.818. The zero-order valence-electron chi connectivity index (χ0n) is 9.98. The molecular formula is C11H21N3O3. The number of nitrogens with one attached hydrogen (secondary N) is 1. The van der Waals surface area contributed by atoms with Crippen molar-refractivity contribution in [2.45, 2.75) is 44.2 Å². The van der Waals surface area contributed by atoms with E-state index in [4.69, 9.17) is 16.2 Å². The molecule has 0 unspecified atom stereocenters. The first-order valence-corrected chi connectivity index (χ1v) is 6.09. The lowest BCUT2D eigenvalue weighted by atomic mass is 10.1. The lowest BCUT2D eigenvalue weighted by Crippen LogP contribution is -2.39. The lowest BCUT2D eigenvalue weighted by molar-refractivity contribution is -0.162. The molecule has 0 aromatic carbocycles. The molecule has 1 fully saturated rings. The van der Waals surface area contributed by atoms with Crippen LogP contribution < -0.4 is 16.8 Å². The van der Waals surface area contributed by atoms with Gasteiger partial charge in [-0.15, -0.1) is 0 Å². The molecule has 0 radical (unpaired) electrons. The number of carbonyl (C=O) groups is 2. The molecule has 0 aliphatic carbocycles. The topological polar surface area (TPSA) is 107 Å². The first-order valence-electron chi connectivity index (χ1n) is 6.09. The van der Waals surface area contributed by atoms with Crippen LogP contribution in [-0.4, -0.2) is 37.1 Å². The smallest absolute Gasteiger partial charge is 0.330 e. The first-order chi connectivity index (χ1) is 8.15. The molecule has 5 N–H and O–H groups in total. The highest BCUT2D eigenvalue weighted by Gasteiger charge is 2.27. The molecular weight excluding hydrogens is 222 g/mol. The van der Waals surface area contributed by atoms with Crippen LogP contribution in [0.3, 0.4) is 0 Å². The molecule has 2 atom stereocenters. The van der Waals surface area contributed by atoms with Gasteiger partial charge in [0.25, 0.3) is 0 Å². The van der Waals surface area contributed by atoms with E-state index in [9.17, 15) is 9.59 Å². The summed E-state index contributed by atoms with van der Waals surface area (Å²) in [6.07, 6.45) is 3.73. The van der Waals surface area contributed by atoms with Crippen molar-refractivity contribution in [1.29, 1.82) is 0 Å². The fourth-order valence-electron chi connectivity index (χ4n) is 1.76. The van der Waals surface area contributed by atoms with Crippen LogP contribution in [-0.2, 0) is 14.3 Å². The molecule has 6 heteroatoms. The second kappa shape index (κ2) is 7.37. The standard InChI is InChI=1S/C11H21N3O3/c12-6-2-1-4-8(13)10(15)17-11(16)9-5-3-7-14-9/h8-9,14H,1-7,12-13H2/t8-,9-/m0/s1. The highest BCUT2D eigenvalue weighted by molar-refractivity contribution is 5.90. The van der Waals surface area contributed by atoms with Crippen LogP contribution in [0.5, 0.6) is 0 Å². The van der Waals surface area contributed by atoms with E-state index in [-0.39, 0.29) is 6.04 Å². The van der Waals surface area contributed by atoms with E-state index in [1.54, 1.807) is 0 Å². The number of esters is 2. The van der Waals surface area contributed by atoms with Crippen molar-refractivity contribution in [2.75, 3.05) is 13.1 Å². The maximum absolute atomic E-state index is 11.5. The largest absolute Gasteiger partial charge is 0.391 e. The highest BCUT2D eigenvalue weighted by Crippen LogP contribution is 2.08. The molecule has 1 saturated heterocycles. The minimum Gasteiger partial charge on any atom is -0.391 e. The average Bonchev–Trinajstić information content (AvgIpc) is 2.82. The Labute approximate surface area is 101 Å². The zero-order valence-corrected chi connectivity index (χ0v) is 9.98. The molecule has 1 heterocycles. The van der Waals surface area contributed by atoms with Gasteiger partial charge >= 0.3 is 11.9 Å². The number of carbonyl (C=O) groups excluding carboxylic acids is 2. The van der Waals surface area contributed by atoms with Gasteiger partial charge in [0.1, 0.15) is 12.1 Å². The third-order valence-electron chi connectivity index (χ3n) is 2.82. The van der Waals surface area contributed by atoms with Crippen molar-refractivity contribution in [2.24, 2.45) is 11.5 Å². The van der Waals surface area contributed by atoms with Gasteiger partial charge in [-0.1, -0.05) is 6.42 Å². The number of hydrogen-bond acceptors (Lipinski definition) is 6. The number of rotatable bonds is 6. The molecule has 0 aromatic rings. The summed E-state index contributed by atoms with van der Waals surface area (Å²) in [6, 6.07) is -1.08. The highest BCUT2D eigenvalue weighted by atomic mass is 16.6. The predicted molar refractivity (Wildman–Crippen MR) is 63.0 cm³/mol. The van der Waals surface area contributed by atoms with Gasteiger partial charge in [-0.3, -0.25) is 0 Å². The van der Waals surface area contributed by atoms with Crippen LogP contribution in [0.15, 0.2) is 0 Å². The van der Waals surface area contributed by atoms with Crippen LogP contribution in [0.25, 0.3) is 0 Å². The maximum Gasteiger partial charge on any atom is 0.330 e. The minimum atomic E-state index is -0.730. The van der Waals surface area contributed by atoms with Crippen LogP contribution >= 0.6 is 0 Å². The third-order valence-corrected chi connectivity index (χ3v) is 2.82. The molecule has 1 aliphatic rings. The molecule has 0 amide bonds. The van der Waals surface area contributed by atoms with Gasteiger partial charge in [0.05, 0.1) is 0 Å². The molecule has 6 nitrogen and oxygen atoms in total.